The summed E-state index contributed by atoms with van der Waals surface area (Å²) in [4.78, 5) is 44.1. The quantitative estimate of drug-likeness (QED) is 0.164. The highest BCUT2D eigenvalue weighted by Crippen LogP contribution is 2.32. The first-order valence-electron chi connectivity index (χ1n) is 12.6. The fraction of sp³-hybridized carbons (Fsp3) is 0.286. The number of hydrogen-bond acceptors (Lipinski definition) is 5. The molecule has 0 saturated carbocycles. The van der Waals surface area contributed by atoms with Gasteiger partial charge < -0.3 is 26.3 Å². The van der Waals surface area contributed by atoms with E-state index in [1.54, 1.807) is 36.6 Å². The van der Waals surface area contributed by atoms with Crippen LogP contribution in [0.3, 0.4) is 0 Å². The van der Waals surface area contributed by atoms with Crippen LogP contribution >= 0.6 is 11.3 Å². The van der Waals surface area contributed by atoms with Gasteiger partial charge in [0.1, 0.15) is 18.6 Å². The second-order valence-electron chi connectivity index (χ2n) is 10.0. The molecule has 40 heavy (non-hydrogen) atoms. The molecule has 208 valence electrons. The zero-order valence-electron chi connectivity index (χ0n) is 21.6. The van der Waals surface area contributed by atoms with Crippen LogP contribution in [0.5, 0.6) is 0 Å². The SMILES string of the molecule is CC(NC(=O)[C@@H]1C[C@](F)(CF)CN1C(=O)CNC(=O)c1ccc2[nH]c3ccccc3c2c1)c1cc(C(=N)N)cs1. The van der Waals surface area contributed by atoms with Gasteiger partial charge in [-0.2, -0.15) is 0 Å². The van der Waals surface area contributed by atoms with E-state index in [0.29, 0.717) is 16.0 Å². The van der Waals surface area contributed by atoms with Crippen LogP contribution in [0.4, 0.5) is 8.78 Å². The first-order valence-corrected chi connectivity index (χ1v) is 13.5. The zero-order valence-corrected chi connectivity index (χ0v) is 22.4. The van der Waals surface area contributed by atoms with Gasteiger partial charge >= 0.3 is 0 Å². The Bertz CT molecular complexity index is 1630. The van der Waals surface area contributed by atoms with Gasteiger partial charge in [-0.1, -0.05) is 18.2 Å². The number of carbonyl (C=O) groups excluding carboxylic acids is 3. The third-order valence-electron chi connectivity index (χ3n) is 7.14. The summed E-state index contributed by atoms with van der Waals surface area (Å²) in [6.45, 7) is -0.726. The highest BCUT2D eigenvalue weighted by Gasteiger charge is 2.49. The minimum atomic E-state index is -2.37. The Balaban J connectivity index is 1.27. The van der Waals surface area contributed by atoms with E-state index in [2.05, 4.69) is 15.6 Å². The van der Waals surface area contributed by atoms with E-state index < -0.39 is 61.7 Å². The molecule has 1 unspecified atom stereocenters. The highest BCUT2D eigenvalue weighted by molar-refractivity contribution is 7.10. The molecule has 6 N–H and O–H groups in total. The summed E-state index contributed by atoms with van der Waals surface area (Å²) in [7, 11) is 0. The molecule has 0 radical (unpaired) electrons. The number of carbonyl (C=O) groups is 3. The van der Waals surface area contributed by atoms with Crippen molar-refractivity contribution in [3.63, 3.8) is 0 Å². The maximum absolute atomic E-state index is 15.0. The lowest BCUT2D eigenvalue weighted by molar-refractivity contribution is -0.138. The van der Waals surface area contributed by atoms with Crippen molar-refractivity contribution in [3.8, 4) is 0 Å². The van der Waals surface area contributed by atoms with E-state index in [0.717, 1.165) is 26.7 Å². The highest BCUT2D eigenvalue weighted by atomic mass is 32.1. The minimum Gasteiger partial charge on any atom is -0.384 e. The number of aromatic nitrogens is 1. The number of nitrogen functional groups attached to an aromatic ring is 1. The topological polar surface area (TPSA) is 144 Å². The number of aromatic amines is 1. The van der Waals surface area contributed by atoms with Crippen LogP contribution in [0.25, 0.3) is 21.8 Å². The molecular weight excluding hydrogens is 538 g/mol. The normalized spacial score (nSPS) is 19.6. The van der Waals surface area contributed by atoms with Gasteiger partial charge in [0.2, 0.25) is 11.8 Å². The van der Waals surface area contributed by atoms with E-state index in [4.69, 9.17) is 11.1 Å². The second-order valence-corrected chi connectivity index (χ2v) is 11.0. The standard InChI is InChI=1S/C28H28F2N6O3S/c1-15(23-9-17(12-40-23)25(31)32)34-27(39)22-10-28(30,13-29)14-36(22)24(37)11-33-26(38)16-6-7-21-19(8-16)18-4-2-3-5-20(18)35-21/h2-9,12,15,22,35H,10-11,13-14H2,1H3,(H3,31,32)(H,33,38)(H,34,39)/t15?,22-,28-/m0/s1. The number of hydrogen-bond donors (Lipinski definition) is 5. The molecule has 0 bridgehead atoms. The molecule has 2 aromatic heterocycles. The van der Waals surface area contributed by atoms with Crippen molar-refractivity contribution in [2.24, 2.45) is 5.73 Å². The number of nitrogens with zero attached hydrogens (tertiary/aromatic N) is 1. The van der Waals surface area contributed by atoms with E-state index in [1.807, 2.05) is 24.3 Å². The van der Waals surface area contributed by atoms with Gasteiger partial charge in [0.15, 0.2) is 5.67 Å². The van der Waals surface area contributed by atoms with Gasteiger partial charge in [-0.25, -0.2) is 8.78 Å². The lowest BCUT2D eigenvalue weighted by Gasteiger charge is -2.25. The molecule has 3 heterocycles. The molecule has 9 nitrogen and oxygen atoms in total. The van der Waals surface area contributed by atoms with Gasteiger partial charge in [0.25, 0.3) is 5.91 Å². The third-order valence-corrected chi connectivity index (χ3v) is 8.25. The van der Waals surface area contributed by atoms with Gasteiger partial charge in [0, 0.05) is 49.6 Å². The summed E-state index contributed by atoms with van der Waals surface area (Å²) in [6.07, 6.45) is -0.498. The number of rotatable bonds is 8. The summed E-state index contributed by atoms with van der Waals surface area (Å²) in [5, 5.41) is 16.3. The zero-order chi connectivity index (χ0) is 28.6. The van der Waals surface area contributed by atoms with Crippen LogP contribution in [0, 0.1) is 5.41 Å². The maximum Gasteiger partial charge on any atom is 0.251 e. The fourth-order valence-corrected chi connectivity index (χ4v) is 5.90. The van der Waals surface area contributed by atoms with Gasteiger partial charge in [-0.3, -0.25) is 19.8 Å². The first-order chi connectivity index (χ1) is 19.1. The van der Waals surface area contributed by atoms with Crippen LogP contribution in [-0.4, -0.2) is 64.9 Å². The van der Waals surface area contributed by atoms with Crippen molar-refractivity contribution in [1.82, 2.24) is 20.5 Å². The third kappa shape index (κ3) is 5.26. The van der Waals surface area contributed by atoms with Crippen molar-refractivity contribution >= 4 is 56.7 Å². The van der Waals surface area contributed by atoms with Crippen molar-refractivity contribution < 1.29 is 23.2 Å². The molecule has 1 aliphatic rings. The van der Waals surface area contributed by atoms with Crippen LogP contribution < -0.4 is 16.4 Å². The molecule has 12 heteroatoms. The van der Waals surface area contributed by atoms with Gasteiger partial charge in [-0.15, -0.1) is 11.3 Å². The predicted molar refractivity (Wildman–Crippen MR) is 150 cm³/mol. The number of amides is 3. The number of alkyl halides is 2. The Morgan fingerprint density at radius 1 is 1.18 bits per heavy atom. The number of nitrogens with one attached hydrogen (secondary N) is 4. The van der Waals surface area contributed by atoms with Crippen molar-refractivity contribution in [3.05, 3.63) is 69.9 Å². The van der Waals surface area contributed by atoms with Crippen LogP contribution in [0.2, 0.25) is 0 Å². The molecular formula is C28H28F2N6O3S. The van der Waals surface area contributed by atoms with E-state index in [1.165, 1.54) is 11.3 Å². The molecule has 1 aliphatic heterocycles. The van der Waals surface area contributed by atoms with E-state index >= 15 is 4.39 Å². The van der Waals surface area contributed by atoms with Crippen LogP contribution in [0.15, 0.2) is 53.9 Å². The smallest absolute Gasteiger partial charge is 0.251 e. The minimum absolute atomic E-state index is 0.109. The Morgan fingerprint density at radius 3 is 2.65 bits per heavy atom. The monoisotopic (exact) mass is 566 g/mol. The Kier molecular flexibility index (Phi) is 7.28. The summed E-state index contributed by atoms with van der Waals surface area (Å²) in [6, 6.07) is 12.7. The summed E-state index contributed by atoms with van der Waals surface area (Å²) >= 11 is 1.29. The molecule has 0 aliphatic carbocycles. The average Bonchev–Trinajstić information content (AvgIpc) is 3.67. The van der Waals surface area contributed by atoms with Crippen LogP contribution in [-0.2, 0) is 9.59 Å². The fourth-order valence-electron chi connectivity index (χ4n) is 4.98. The van der Waals surface area contributed by atoms with E-state index in [9.17, 15) is 18.8 Å². The number of benzene rings is 2. The second kappa shape index (κ2) is 10.7. The molecule has 0 spiro atoms. The van der Waals surface area contributed by atoms with Crippen LogP contribution in [0.1, 0.15) is 40.2 Å². The molecule has 4 aromatic rings. The number of nitrogens with two attached hydrogens (primary N) is 1. The van der Waals surface area contributed by atoms with E-state index in [-0.39, 0.29) is 5.84 Å². The lowest BCUT2D eigenvalue weighted by Crippen LogP contribution is -2.49. The lowest BCUT2D eigenvalue weighted by atomic mass is 10.0. The summed E-state index contributed by atoms with van der Waals surface area (Å²) in [5.74, 6) is -1.95. The molecule has 2 aromatic carbocycles. The number of likely N-dealkylation sites (tertiary alicyclic amines) is 1. The van der Waals surface area contributed by atoms with Crippen molar-refractivity contribution in [2.45, 2.75) is 31.1 Å². The number of halogens is 2. The molecule has 1 fully saturated rings. The first kappa shape index (κ1) is 27.3. The Morgan fingerprint density at radius 2 is 1.93 bits per heavy atom. The number of para-hydroxylation sites is 1. The molecule has 3 amide bonds. The average molecular weight is 567 g/mol. The number of amidine groups is 1. The molecule has 5 rings (SSSR count). The Labute approximate surface area is 232 Å². The predicted octanol–water partition coefficient (Wildman–Crippen LogP) is 3.55. The number of thiophene rings is 1. The summed E-state index contributed by atoms with van der Waals surface area (Å²) < 4.78 is 28.6. The maximum atomic E-state index is 15.0. The Hall–Kier alpha value is -4.32. The largest absolute Gasteiger partial charge is 0.384 e. The molecule has 3 atom stereocenters. The number of H-pyrrole nitrogens is 1. The molecule has 1 saturated heterocycles. The van der Waals surface area contributed by atoms with Crippen molar-refractivity contribution in [1.29, 1.82) is 5.41 Å². The van der Waals surface area contributed by atoms with Gasteiger partial charge in [-0.05, 0) is 37.3 Å². The van der Waals surface area contributed by atoms with Crippen molar-refractivity contribution in [2.75, 3.05) is 19.8 Å². The number of fused-ring (bicyclic) bond motifs is 3. The van der Waals surface area contributed by atoms with Gasteiger partial charge in [0.05, 0.1) is 19.1 Å². The summed E-state index contributed by atoms with van der Waals surface area (Å²) in [5.41, 5.74) is 5.77.